The van der Waals surface area contributed by atoms with E-state index in [2.05, 4.69) is 172 Å². The molecular formula is C56H39N3O. The first kappa shape index (κ1) is 34.6. The quantitative estimate of drug-likeness (QED) is 0.164. The van der Waals surface area contributed by atoms with Crippen LogP contribution in [0.5, 0.6) is 0 Å². The van der Waals surface area contributed by atoms with Gasteiger partial charge in [0.25, 0.3) is 0 Å². The summed E-state index contributed by atoms with van der Waals surface area (Å²) in [6.07, 6.45) is 4.05. The van der Waals surface area contributed by atoms with E-state index < -0.39 is 0 Å². The Hall–Kier alpha value is -7.43. The number of hydrogen-bond acceptors (Lipinski definition) is 4. The minimum atomic E-state index is -0.136. The van der Waals surface area contributed by atoms with Crippen LogP contribution < -0.4 is 10.6 Å². The molecular weight excluding hydrogens is 731 g/mol. The van der Waals surface area contributed by atoms with Crippen LogP contribution in [0.4, 0.5) is 0 Å². The molecule has 4 heteroatoms. The van der Waals surface area contributed by atoms with Crippen molar-refractivity contribution in [1.29, 1.82) is 0 Å². The summed E-state index contributed by atoms with van der Waals surface area (Å²) in [5, 5.41) is 7.32. The minimum absolute atomic E-state index is 0.136. The smallest absolute Gasteiger partial charge is 0.164 e. The molecule has 0 amide bonds. The zero-order chi connectivity index (χ0) is 40.0. The van der Waals surface area contributed by atoms with Crippen LogP contribution >= 0.6 is 0 Å². The van der Waals surface area contributed by atoms with Gasteiger partial charge in [0, 0.05) is 32.7 Å². The molecule has 284 valence electrons. The van der Waals surface area contributed by atoms with Crippen molar-refractivity contribution >= 4 is 44.2 Å². The maximum Gasteiger partial charge on any atom is 0.164 e. The molecule has 0 radical (unpaired) electrons. The molecule has 12 rings (SSSR count). The van der Waals surface area contributed by atoms with Crippen molar-refractivity contribution in [2.24, 2.45) is 0 Å². The first-order valence-corrected chi connectivity index (χ1v) is 20.8. The SMILES string of the molecule is CC1(C)c2ccccc2-c2c(-c3nc(-c4ccccc4)nc(-c4cccc(C5=c6c(oc7ccc(-c8cc9ccccc9c9ccccc89)cc67)=CCC5)c4)n3)cccc21. The summed E-state index contributed by atoms with van der Waals surface area (Å²) in [4.78, 5) is 15.7. The van der Waals surface area contributed by atoms with Crippen molar-refractivity contribution in [2.45, 2.75) is 32.1 Å². The second kappa shape index (κ2) is 13.3. The highest BCUT2D eigenvalue weighted by molar-refractivity contribution is 6.14. The van der Waals surface area contributed by atoms with Gasteiger partial charge in [-0.15, -0.1) is 0 Å². The molecule has 8 aromatic carbocycles. The Morgan fingerprint density at radius 3 is 2.02 bits per heavy atom. The first-order valence-electron chi connectivity index (χ1n) is 20.8. The predicted molar refractivity (Wildman–Crippen MR) is 246 cm³/mol. The van der Waals surface area contributed by atoms with Crippen LogP contribution in [0.3, 0.4) is 0 Å². The van der Waals surface area contributed by atoms with Gasteiger partial charge < -0.3 is 4.42 Å². The number of fused-ring (bicyclic) bond motifs is 9. The molecule has 0 unspecified atom stereocenters. The molecule has 0 bridgehead atoms. The van der Waals surface area contributed by atoms with Crippen molar-refractivity contribution < 1.29 is 4.42 Å². The highest BCUT2D eigenvalue weighted by Crippen LogP contribution is 2.51. The monoisotopic (exact) mass is 769 g/mol. The van der Waals surface area contributed by atoms with Gasteiger partial charge in [-0.05, 0) is 109 Å². The maximum atomic E-state index is 6.60. The summed E-state index contributed by atoms with van der Waals surface area (Å²) < 4.78 is 6.60. The maximum absolute atomic E-state index is 6.60. The Kier molecular flexibility index (Phi) is 7.67. The zero-order valence-electron chi connectivity index (χ0n) is 33.4. The molecule has 2 aliphatic carbocycles. The third-order valence-corrected chi connectivity index (χ3v) is 12.8. The van der Waals surface area contributed by atoms with Crippen molar-refractivity contribution in [3.05, 3.63) is 197 Å². The molecule has 0 saturated heterocycles. The van der Waals surface area contributed by atoms with Crippen LogP contribution in [0.1, 0.15) is 43.4 Å². The molecule has 2 aliphatic rings. The Balaban J connectivity index is 1.04. The van der Waals surface area contributed by atoms with Crippen molar-refractivity contribution in [3.63, 3.8) is 0 Å². The molecule has 0 saturated carbocycles. The summed E-state index contributed by atoms with van der Waals surface area (Å²) in [5.74, 6) is 1.97. The summed E-state index contributed by atoms with van der Waals surface area (Å²) in [6, 6.07) is 60.7. The molecule has 4 nitrogen and oxygen atoms in total. The highest BCUT2D eigenvalue weighted by Gasteiger charge is 2.37. The van der Waals surface area contributed by atoms with E-state index in [1.54, 1.807) is 0 Å². The second-order valence-electron chi connectivity index (χ2n) is 16.6. The van der Waals surface area contributed by atoms with Gasteiger partial charge in [0.2, 0.25) is 0 Å². The van der Waals surface area contributed by atoms with Crippen LogP contribution in [0.25, 0.3) is 101 Å². The third kappa shape index (κ3) is 5.34. The fourth-order valence-corrected chi connectivity index (χ4v) is 9.92. The number of furan rings is 1. The number of hydrogen-bond donors (Lipinski definition) is 0. The van der Waals surface area contributed by atoms with Gasteiger partial charge >= 0.3 is 0 Å². The van der Waals surface area contributed by atoms with Gasteiger partial charge in [-0.3, -0.25) is 0 Å². The summed E-state index contributed by atoms with van der Waals surface area (Å²) in [5.41, 5.74) is 14.5. The lowest BCUT2D eigenvalue weighted by atomic mass is 9.82. The lowest BCUT2D eigenvalue weighted by Gasteiger charge is -2.21. The summed E-state index contributed by atoms with van der Waals surface area (Å²) in [7, 11) is 0. The van der Waals surface area contributed by atoms with Gasteiger partial charge in [-0.2, -0.15) is 0 Å². The van der Waals surface area contributed by atoms with Crippen LogP contribution in [-0.4, -0.2) is 15.0 Å². The molecule has 0 atom stereocenters. The average molecular weight is 770 g/mol. The van der Waals surface area contributed by atoms with Crippen LogP contribution in [-0.2, 0) is 5.41 Å². The molecule has 0 aliphatic heterocycles. The average Bonchev–Trinajstić information content (AvgIpc) is 3.80. The topological polar surface area (TPSA) is 51.8 Å². The second-order valence-corrected chi connectivity index (χ2v) is 16.6. The molecule has 10 aromatic rings. The first-order chi connectivity index (χ1) is 29.5. The van der Waals surface area contributed by atoms with Gasteiger partial charge in [0.05, 0.1) is 0 Å². The van der Waals surface area contributed by atoms with E-state index in [4.69, 9.17) is 19.4 Å². The van der Waals surface area contributed by atoms with Crippen LogP contribution in [0, 0.1) is 0 Å². The van der Waals surface area contributed by atoms with Gasteiger partial charge in [-0.1, -0.05) is 159 Å². The normalized spacial score (nSPS) is 13.9. The lowest BCUT2D eigenvalue weighted by molar-refractivity contribution is 0.571. The van der Waals surface area contributed by atoms with Crippen LogP contribution in [0.2, 0.25) is 0 Å². The molecule has 0 N–H and O–H groups in total. The van der Waals surface area contributed by atoms with Crippen molar-refractivity contribution in [3.8, 4) is 56.4 Å². The fraction of sp³-hybridized carbons (Fsp3) is 0.0893. The van der Waals surface area contributed by atoms with Gasteiger partial charge in [0.15, 0.2) is 17.5 Å². The summed E-state index contributed by atoms with van der Waals surface area (Å²) in [6.45, 7) is 4.62. The molecule has 60 heavy (non-hydrogen) atoms. The number of rotatable bonds is 5. The van der Waals surface area contributed by atoms with Crippen LogP contribution in [0.15, 0.2) is 174 Å². The lowest BCUT2D eigenvalue weighted by Crippen LogP contribution is -2.26. The molecule has 0 fully saturated rings. The largest absolute Gasteiger partial charge is 0.456 e. The van der Waals surface area contributed by atoms with E-state index in [9.17, 15) is 0 Å². The molecule has 0 spiro atoms. The van der Waals surface area contributed by atoms with E-state index in [1.807, 2.05) is 18.2 Å². The Bertz CT molecular complexity index is 3520. The number of benzene rings is 8. The van der Waals surface area contributed by atoms with E-state index in [-0.39, 0.29) is 5.41 Å². The van der Waals surface area contributed by atoms with E-state index in [1.165, 1.54) is 65.7 Å². The number of nitrogens with zero attached hydrogens (tertiary/aromatic N) is 3. The van der Waals surface area contributed by atoms with E-state index in [0.717, 1.165) is 51.5 Å². The van der Waals surface area contributed by atoms with E-state index in [0.29, 0.717) is 17.5 Å². The molecule has 2 aromatic heterocycles. The predicted octanol–water partition coefficient (Wildman–Crippen LogP) is 12.7. The van der Waals surface area contributed by atoms with Crippen molar-refractivity contribution in [1.82, 2.24) is 15.0 Å². The van der Waals surface area contributed by atoms with Crippen molar-refractivity contribution in [2.75, 3.05) is 0 Å². The van der Waals surface area contributed by atoms with Gasteiger partial charge in [0.1, 0.15) is 11.0 Å². The Labute approximate surface area is 347 Å². The number of aromatic nitrogens is 3. The minimum Gasteiger partial charge on any atom is -0.456 e. The summed E-state index contributed by atoms with van der Waals surface area (Å²) >= 11 is 0. The Morgan fingerprint density at radius 2 is 1.13 bits per heavy atom. The highest BCUT2D eigenvalue weighted by atomic mass is 16.3. The zero-order valence-corrected chi connectivity index (χ0v) is 33.4. The fourth-order valence-electron chi connectivity index (χ4n) is 9.92. The third-order valence-electron chi connectivity index (χ3n) is 12.8. The van der Waals surface area contributed by atoms with E-state index >= 15 is 0 Å². The van der Waals surface area contributed by atoms with Gasteiger partial charge in [-0.25, -0.2) is 15.0 Å². The standard InChI is InChI=1S/C56H39N3O/c1-56(2)47-26-11-10-23-43(47)51-44(25-13-27-48(51)56)55-58-53(34-15-4-3-5-16-34)57-54(59-55)38-19-12-18-35(31-38)40-24-14-28-50-52(40)46-33-37(29-30-49(46)60-50)45-32-36-17-6-7-20-39(36)41-21-8-9-22-42(41)45/h3-13,15-23,25-33H,14,24H2,1-2H3. The molecule has 2 heterocycles. The Morgan fingerprint density at radius 1 is 0.467 bits per heavy atom.